The number of hydrogen-bond donors (Lipinski definition) is 1. The number of anilines is 1. The van der Waals surface area contributed by atoms with Crippen molar-refractivity contribution in [1.82, 2.24) is 9.47 Å². The maximum Gasteiger partial charge on any atom is 0.322 e. The molecule has 4 nitrogen and oxygen atoms in total. The van der Waals surface area contributed by atoms with Crippen molar-refractivity contribution in [3.63, 3.8) is 0 Å². The fraction of sp³-hybridized carbons (Fsp3) is 0.148. The Morgan fingerprint density at radius 2 is 1.65 bits per heavy atom. The number of fused-ring (bicyclic) bond motifs is 3. The molecular formula is C27H25N3O. The molecule has 1 aromatic heterocycles. The van der Waals surface area contributed by atoms with Gasteiger partial charge < -0.3 is 14.8 Å². The number of rotatable bonds is 3. The number of aryl methyl sites for hydroxylation is 1. The topological polar surface area (TPSA) is 37.3 Å². The van der Waals surface area contributed by atoms with Crippen LogP contribution in [0.1, 0.15) is 35.3 Å². The number of amides is 2. The third kappa shape index (κ3) is 3.50. The highest BCUT2D eigenvalue weighted by Crippen LogP contribution is 2.37. The predicted molar refractivity (Wildman–Crippen MR) is 124 cm³/mol. The van der Waals surface area contributed by atoms with Gasteiger partial charge in [0.15, 0.2) is 0 Å². The molecule has 1 aliphatic heterocycles. The summed E-state index contributed by atoms with van der Waals surface area (Å²) in [6.07, 6.45) is 2.95. The van der Waals surface area contributed by atoms with Crippen molar-refractivity contribution in [3.05, 3.63) is 120 Å². The van der Waals surface area contributed by atoms with E-state index in [-0.39, 0.29) is 12.1 Å². The summed E-state index contributed by atoms with van der Waals surface area (Å²) in [7, 11) is 0. The lowest BCUT2D eigenvalue weighted by atomic mass is 10.0. The zero-order valence-electron chi connectivity index (χ0n) is 17.5. The number of aromatic nitrogens is 1. The molecule has 31 heavy (non-hydrogen) atoms. The predicted octanol–water partition coefficient (Wildman–Crippen LogP) is 6.18. The lowest BCUT2D eigenvalue weighted by molar-refractivity contribution is 0.194. The van der Waals surface area contributed by atoms with E-state index in [9.17, 15) is 4.79 Å². The van der Waals surface area contributed by atoms with Gasteiger partial charge in [-0.05, 0) is 47.4 Å². The van der Waals surface area contributed by atoms with Crippen molar-refractivity contribution in [2.24, 2.45) is 0 Å². The zero-order chi connectivity index (χ0) is 21.2. The van der Waals surface area contributed by atoms with Gasteiger partial charge in [-0.25, -0.2) is 4.79 Å². The fourth-order valence-corrected chi connectivity index (χ4v) is 4.46. The van der Waals surface area contributed by atoms with E-state index in [2.05, 4.69) is 65.5 Å². The fourth-order valence-electron chi connectivity index (χ4n) is 4.46. The van der Waals surface area contributed by atoms with Crippen molar-refractivity contribution >= 4 is 11.7 Å². The molecule has 0 saturated carbocycles. The van der Waals surface area contributed by atoms with E-state index in [4.69, 9.17) is 0 Å². The van der Waals surface area contributed by atoms with Crippen LogP contribution in [0.4, 0.5) is 10.5 Å². The van der Waals surface area contributed by atoms with Crippen LogP contribution in [0.15, 0.2) is 97.2 Å². The maximum atomic E-state index is 13.7. The first kappa shape index (κ1) is 19.2. The number of hydrogen-bond acceptors (Lipinski definition) is 1. The summed E-state index contributed by atoms with van der Waals surface area (Å²) in [5, 5.41) is 3.19. The molecule has 4 aromatic rings. The summed E-state index contributed by atoms with van der Waals surface area (Å²) in [6, 6.07) is 30.5. The molecule has 0 fully saturated rings. The first-order valence-corrected chi connectivity index (χ1v) is 10.7. The van der Waals surface area contributed by atoms with E-state index in [0.717, 1.165) is 40.2 Å². The van der Waals surface area contributed by atoms with Crippen molar-refractivity contribution < 1.29 is 4.79 Å². The van der Waals surface area contributed by atoms with Crippen molar-refractivity contribution in [2.45, 2.75) is 25.9 Å². The molecule has 2 amide bonds. The second-order valence-electron chi connectivity index (χ2n) is 7.81. The highest BCUT2D eigenvalue weighted by molar-refractivity contribution is 5.91. The number of urea groups is 1. The van der Waals surface area contributed by atoms with E-state index in [1.807, 2.05) is 53.4 Å². The number of carbonyl (C=O) groups excluding carboxylic acids is 1. The molecule has 154 valence electrons. The van der Waals surface area contributed by atoms with Gasteiger partial charge in [-0.2, -0.15) is 0 Å². The Labute approximate surface area is 182 Å². The van der Waals surface area contributed by atoms with Crippen LogP contribution in [-0.2, 0) is 13.0 Å². The van der Waals surface area contributed by atoms with Gasteiger partial charge in [0.05, 0.1) is 18.3 Å². The second-order valence-corrected chi connectivity index (χ2v) is 7.81. The van der Waals surface area contributed by atoms with Gasteiger partial charge in [0.25, 0.3) is 0 Å². The second kappa shape index (κ2) is 8.15. The van der Waals surface area contributed by atoms with E-state index in [0.29, 0.717) is 6.54 Å². The highest BCUT2D eigenvalue weighted by atomic mass is 16.2. The highest BCUT2D eigenvalue weighted by Gasteiger charge is 2.33. The van der Waals surface area contributed by atoms with Gasteiger partial charge in [-0.3, -0.25) is 0 Å². The number of carbonyl (C=O) groups is 1. The Kier molecular flexibility index (Phi) is 5.04. The molecule has 0 spiro atoms. The van der Waals surface area contributed by atoms with Gasteiger partial charge >= 0.3 is 6.03 Å². The summed E-state index contributed by atoms with van der Waals surface area (Å²) in [5.41, 5.74) is 6.41. The summed E-state index contributed by atoms with van der Waals surface area (Å²) in [5.74, 6) is 0. The Hall–Kier alpha value is -3.79. The molecule has 0 saturated heterocycles. The van der Waals surface area contributed by atoms with Crippen molar-refractivity contribution in [2.75, 3.05) is 5.32 Å². The monoisotopic (exact) mass is 407 g/mol. The molecule has 1 atom stereocenters. The average Bonchev–Trinajstić information content (AvgIpc) is 3.24. The van der Waals surface area contributed by atoms with E-state index in [1.54, 1.807) is 0 Å². The molecule has 0 bridgehead atoms. The lowest BCUT2D eigenvalue weighted by Gasteiger charge is -2.31. The molecule has 5 rings (SSSR count). The van der Waals surface area contributed by atoms with E-state index in [1.165, 1.54) is 0 Å². The van der Waals surface area contributed by atoms with Gasteiger partial charge in [0, 0.05) is 17.6 Å². The Bertz CT molecular complexity index is 1210. The maximum absolute atomic E-state index is 13.7. The molecule has 0 radical (unpaired) electrons. The lowest BCUT2D eigenvalue weighted by Crippen LogP contribution is -2.38. The number of benzene rings is 3. The molecule has 1 N–H and O–H groups in total. The smallest absolute Gasteiger partial charge is 0.318 e. The number of nitrogens with one attached hydrogen (secondary N) is 1. The van der Waals surface area contributed by atoms with Crippen LogP contribution in [0.5, 0.6) is 0 Å². The third-order valence-corrected chi connectivity index (χ3v) is 5.98. The van der Waals surface area contributed by atoms with Crippen LogP contribution < -0.4 is 5.32 Å². The first-order chi connectivity index (χ1) is 15.3. The minimum atomic E-state index is -0.197. The van der Waals surface area contributed by atoms with Crippen LogP contribution in [0.25, 0.3) is 5.69 Å². The van der Waals surface area contributed by atoms with Crippen LogP contribution in [0.3, 0.4) is 0 Å². The third-order valence-electron chi connectivity index (χ3n) is 5.98. The molecular weight excluding hydrogens is 382 g/mol. The summed E-state index contributed by atoms with van der Waals surface area (Å²) < 4.78 is 2.21. The van der Waals surface area contributed by atoms with Crippen LogP contribution in [-0.4, -0.2) is 15.5 Å². The summed E-state index contributed by atoms with van der Waals surface area (Å²) >= 11 is 0. The van der Waals surface area contributed by atoms with Crippen LogP contribution in [0.2, 0.25) is 0 Å². The van der Waals surface area contributed by atoms with Gasteiger partial charge in [-0.1, -0.05) is 73.7 Å². The largest absolute Gasteiger partial charge is 0.322 e. The molecule has 0 aliphatic carbocycles. The summed E-state index contributed by atoms with van der Waals surface area (Å²) in [4.78, 5) is 15.7. The normalized spacial score (nSPS) is 15.0. The van der Waals surface area contributed by atoms with E-state index < -0.39 is 0 Å². The number of para-hydroxylation sites is 2. The Morgan fingerprint density at radius 3 is 2.48 bits per heavy atom. The minimum Gasteiger partial charge on any atom is -0.318 e. The molecule has 3 aromatic carbocycles. The Morgan fingerprint density at radius 1 is 0.903 bits per heavy atom. The average molecular weight is 408 g/mol. The Balaban J connectivity index is 1.62. The molecule has 1 aliphatic rings. The minimum absolute atomic E-state index is 0.0980. The molecule has 4 heteroatoms. The molecule has 1 unspecified atom stereocenters. The SMILES string of the molecule is CCc1ccccc1NC(=O)N1Cc2ccccc2-n2cccc2C1c1ccccc1. The quantitative estimate of drug-likeness (QED) is 0.433. The zero-order valence-corrected chi connectivity index (χ0v) is 17.5. The standard InChI is InChI=1S/C27H25N3O/c1-2-20-11-6-8-15-23(20)28-27(31)30-19-22-14-7-9-16-24(22)29-18-10-17-25(29)26(30)21-12-4-3-5-13-21/h3-18,26H,2,19H2,1H3,(H,28,31). The molecule has 2 heterocycles. The van der Waals surface area contributed by atoms with Crippen LogP contribution in [0, 0.1) is 0 Å². The van der Waals surface area contributed by atoms with Crippen LogP contribution >= 0.6 is 0 Å². The van der Waals surface area contributed by atoms with Gasteiger partial charge in [0.2, 0.25) is 0 Å². The summed E-state index contributed by atoms with van der Waals surface area (Å²) in [6.45, 7) is 2.63. The van der Waals surface area contributed by atoms with Gasteiger partial charge in [-0.15, -0.1) is 0 Å². The van der Waals surface area contributed by atoms with Gasteiger partial charge in [0.1, 0.15) is 0 Å². The van der Waals surface area contributed by atoms with Crippen molar-refractivity contribution in [1.29, 1.82) is 0 Å². The number of nitrogens with zero attached hydrogens (tertiary/aromatic N) is 2. The van der Waals surface area contributed by atoms with E-state index >= 15 is 0 Å². The van der Waals surface area contributed by atoms with Crippen molar-refractivity contribution in [3.8, 4) is 5.69 Å². The first-order valence-electron chi connectivity index (χ1n) is 10.7.